The van der Waals surface area contributed by atoms with E-state index in [0.717, 1.165) is 11.4 Å². The predicted octanol–water partition coefficient (Wildman–Crippen LogP) is 3.17. The van der Waals surface area contributed by atoms with Crippen LogP contribution < -0.4 is 25.6 Å². The van der Waals surface area contributed by atoms with E-state index in [1.807, 2.05) is 11.9 Å². The highest BCUT2D eigenvalue weighted by molar-refractivity contribution is 7.22. The third-order valence-corrected chi connectivity index (χ3v) is 5.52. The van der Waals surface area contributed by atoms with E-state index in [1.54, 1.807) is 18.2 Å². The van der Waals surface area contributed by atoms with Crippen molar-refractivity contribution in [2.75, 3.05) is 35.7 Å². The number of halogens is 3. The van der Waals surface area contributed by atoms with Crippen molar-refractivity contribution in [2.45, 2.75) is 12.7 Å². The summed E-state index contributed by atoms with van der Waals surface area (Å²) in [6.45, 7) is 0.0242. The molecule has 4 rings (SSSR count). The van der Waals surface area contributed by atoms with E-state index in [9.17, 15) is 18.0 Å². The molecule has 2 aromatic carbocycles. The topological polar surface area (TPSA) is 98.8 Å². The van der Waals surface area contributed by atoms with Gasteiger partial charge in [0.15, 0.2) is 11.4 Å². The Morgan fingerprint density at radius 2 is 2.13 bits per heavy atom. The lowest BCUT2D eigenvalue weighted by molar-refractivity contribution is -0.274. The molecule has 4 N–H and O–H groups in total. The minimum atomic E-state index is -4.75. The molecule has 3 aromatic rings. The standard InChI is InChI=1S/C19H18F3N5O3S/c1-27-14-5-2-10(16(29)23-6-7-28)8-13(14)24-17(27)26-18-25-12-4-3-11(9-15(12)31-18)30-19(20,21)22/h2-5,8-9,17,24,28H,6-7H2,1H3,(H,23,29)(H,25,26). The van der Waals surface area contributed by atoms with Gasteiger partial charge in [0, 0.05) is 25.2 Å². The molecule has 8 nitrogen and oxygen atoms in total. The molecule has 1 aromatic heterocycles. The van der Waals surface area contributed by atoms with Crippen molar-refractivity contribution in [1.82, 2.24) is 10.3 Å². The van der Waals surface area contributed by atoms with Gasteiger partial charge in [-0.1, -0.05) is 11.3 Å². The summed E-state index contributed by atoms with van der Waals surface area (Å²) in [5, 5.41) is 18.4. The second-order valence-corrected chi connectivity index (χ2v) is 7.74. The number of nitrogens with one attached hydrogen (secondary N) is 3. The molecule has 164 valence electrons. The van der Waals surface area contributed by atoms with Crippen LogP contribution in [0.25, 0.3) is 10.2 Å². The van der Waals surface area contributed by atoms with Gasteiger partial charge in [-0.05, 0) is 30.3 Å². The monoisotopic (exact) mass is 453 g/mol. The first-order valence-corrected chi connectivity index (χ1v) is 10.0. The van der Waals surface area contributed by atoms with Crippen LogP contribution >= 0.6 is 11.3 Å². The van der Waals surface area contributed by atoms with Gasteiger partial charge in [-0.25, -0.2) is 4.98 Å². The van der Waals surface area contributed by atoms with Crippen LogP contribution in [0.1, 0.15) is 10.4 Å². The van der Waals surface area contributed by atoms with Crippen molar-refractivity contribution in [1.29, 1.82) is 0 Å². The van der Waals surface area contributed by atoms with Crippen molar-refractivity contribution < 1.29 is 27.8 Å². The second kappa shape index (κ2) is 8.12. The lowest BCUT2D eigenvalue weighted by Gasteiger charge is -2.22. The average Bonchev–Trinajstić information content (AvgIpc) is 3.24. The number of benzene rings is 2. The van der Waals surface area contributed by atoms with Crippen molar-refractivity contribution >= 4 is 44.0 Å². The molecular weight excluding hydrogens is 435 g/mol. The smallest absolute Gasteiger partial charge is 0.406 e. The fraction of sp³-hybridized carbons (Fsp3) is 0.263. The molecule has 0 bridgehead atoms. The summed E-state index contributed by atoms with van der Waals surface area (Å²) in [4.78, 5) is 18.4. The van der Waals surface area contributed by atoms with Gasteiger partial charge < -0.3 is 30.7 Å². The van der Waals surface area contributed by atoms with Gasteiger partial charge >= 0.3 is 6.36 Å². The minimum absolute atomic E-state index is 0.143. The maximum Gasteiger partial charge on any atom is 0.573 e. The van der Waals surface area contributed by atoms with E-state index in [0.29, 0.717) is 20.9 Å². The van der Waals surface area contributed by atoms with E-state index in [4.69, 9.17) is 5.11 Å². The number of rotatable bonds is 6. The maximum atomic E-state index is 12.4. The van der Waals surface area contributed by atoms with Crippen molar-refractivity contribution in [3.63, 3.8) is 0 Å². The van der Waals surface area contributed by atoms with Crippen molar-refractivity contribution in [2.24, 2.45) is 0 Å². The Morgan fingerprint density at radius 3 is 2.87 bits per heavy atom. The fourth-order valence-electron chi connectivity index (χ4n) is 3.17. The Hall–Kier alpha value is -3.25. The van der Waals surface area contributed by atoms with Gasteiger partial charge in [-0.15, -0.1) is 13.2 Å². The lowest BCUT2D eigenvalue weighted by atomic mass is 10.1. The lowest BCUT2D eigenvalue weighted by Crippen LogP contribution is -2.39. The summed E-state index contributed by atoms with van der Waals surface area (Å²) >= 11 is 1.20. The predicted molar refractivity (Wildman–Crippen MR) is 112 cm³/mol. The first-order chi connectivity index (χ1) is 14.7. The van der Waals surface area contributed by atoms with E-state index in [1.165, 1.54) is 29.5 Å². The van der Waals surface area contributed by atoms with Crippen LogP contribution in [-0.4, -0.2) is 48.8 Å². The molecule has 1 aliphatic heterocycles. The fourth-order valence-corrected chi connectivity index (χ4v) is 4.09. The number of fused-ring (bicyclic) bond motifs is 2. The average molecular weight is 453 g/mol. The third-order valence-electron chi connectivity index (χ3n) is 4.57. The number of anilines is 3. The SMILES string of the molecule is CN1c2ccc(C(=O)NCCO)cc2NC1Nc1nc2ccc(OC(F)(F)F)cc2s1. The zero-order valence-corrected chi connectivity index (χ0v) is 17.0. The normalized spacial score (nSPS) is 15.5. The van der Waals surface area contributed by atoms with E-state index in [-0.39, 0.29) is 31.1 Å². The number of ether oxygens (including phenoxy) is 1. The van der Waals surface area contributed by atoms with E-state index >= 15 is 0 Å². The number of aromatic nitrogens is 1. The van der Waals surface area contributed by atoms with Gasteiger partial charge in [0.2, 0.25) is 0 Å². The molecule has 0 spiro atoms. The van der Waals surface area contributed by atoms with Crippen LogP contribution in [0, 0.1) is 0 Å². The number of carbonyl (C=O) groups is 1. The molecule has 0 saturated heterocycles. The minimum Gasteiger partial charge on any atom is -0.406 e. The zero-order valence-electron chi connectivity index (χ0n) is 16.2. The summed E-state index contributed by atoms with van der Waals surface area (Å²) < 4.78 is 41.8. The molecule has 0 radical (unpaired) electrons. The largest absolute Gasteiger partial charge is 0.573 e. The summed E-state index contributed by atoms with van der Waals surface area (Å²) in [5.74, 6) is -0.591. The van der Waals surface area contributed by atoms with Crippen LogP contribution in [0.5, 0.6) is 5.75 Å². The molecule has 1 atom stereocenters. The molecule has 1 unspecified atom stereocenters. The highest BCUT2D eigenvalue weighted by atomic mass is 32.1. The van der Waals surface area contributed by atoms with Crippen LogP contribution in [-0.2, 0) is 0 Å². The molecule has 12 heteroatoms. The molecule has 0 saturated carbocycles. The van der Waals surface area contributed by atoms with E-state index in [2.05, 4.69) is 25.7 Å². The van der Waals surface area contributed by atoms with Gasteiger partial charge in [-0.3, -0.25) is 4.79 Å². The van der Waals surface area contributed by atoms with Crippen molar-refractivity contribution in [3.05, 3.63) is 42.0 Å². The highest BCUT2D eigenvalue weighted by Gasteiger charge is 2.31. The van der Waals surface area contributed by atoms with Gasteiger partial charge in [0.1, 0.15) is 5.75 Å². The summed E-state index contributed by atoms with van der Waals surface area (Å²) in [6.07, 6.45) is -5.13. The Morgan fingerprint density at radius 1 is 1.32 bits per heavy atom. The highest BCUT2D eigenvalue weighted by Crippen LogP contribution is 2.36. The number of hydrogen-bond acceptors (Lipinski definition) is 8. The Balaban J connectivity index is 1.49. The van der Waals surface area contributed by atoms with Gasteiger partial charge in [0.05, 0.1) is 28.2 Å². The summed E-state index contributed by atoms with van der Waals surface area (Å²) in [5.41, 5.74) is 2.59. The number of hydrogen-bond donors (Lipinski definition) is 4. The Labute approximate surface area is 178 Å². The first-order valence-electron chi connectivity index (χ1n) is 9.19. The van der Waals surface area contributed by atoms with Crippen LogP contribution in [0.3, 0.4) is 0 Å². The van der Waals surface area contributed by atoms with Gasteiger partial charge in [0.25, 0.3) is 5.91 Å². The number of nitrogens with zero attached hydrogens (tertiary/aromatic N) is 2. The molecule has 0 aliphatic carbocycles. The first kappa shape index (κ1) is 21.0. The molecule has 31 heavy (non-hydrogen) atoms. The molecule has 1 aliphatic rings. The molecule has 0 fully saturated rings. The Bertz CT molecular complexity index is 1120. The second-order valence-electron chi connectivity index (χ2n) is 6.71. The Kier molecular flexibility index (Phi) is 5.50. The number of carbonyl (C=O) groups excluding carboxylic acids is 1. The summed E-state index contributed by atoms with van der Waals surface area (Å²) in [7, 11) is 1.85. The number of aliphatic hydroxyl groups excluding tert-OH is 1. The van der Waals surface area contributed by atoms with Crippen LogP contribution in [0.15, 0.2) is 36.4 Å². The van der Waals surface area contributed by atoms with E-state index < -0.39 is 6.36 Å². The number of alkyl halides is 3. The number of amides is 1. The van der Waals surface area contributed by atoms with Crippen LogP contribution in [0.2, 0.25) is 0 Å². The van der Waals surface area contributed by atoms with Crippen LogP contribution in [0.4, 0.5) is 29.7 Å². The van der Waals surface area contributed by atoms with Crippen molar-refractivity contribution in [3.8, 4) is 5.75 Å². The van der Waals surface area contributed by atoms with Gasteiger partial charge in [-0.2, -0.15) is 0 Å². The number of aliphatic hydroxyl groups is 1. The summed E-state index contributed by atoms with van der Waals surface area (Å²) in [6, 6.07) is 9.18. The third kappa shape index (κ3) is 4.59. The maximum absolute atomic E-state index is 12.4. The quantitative estimate of drug-likeness (QED) is 0.455. The number of thiazole rings is 1. The molecule has 2 heterocycles. The molecular formula is C19H18F3N5O3S. The molecule has 1 amide bonds. The zero-order chi connectivity index (χ0) is 22.2.